The highest BCUT2D eigenvalue weighted by molar-refractivity contribution is 5.69. The van der Waals surface area contributed by atoms with Gasteiger partial charge < -0.3 is 14.2 Å². The van der Waals surface area contributed by atoms with Crippen LogP contribution in [-0.2, 0) is 19.0 Å². The first kappa shape index (κ1) is 28.4. The Morgan fingerprint density at radius 2 is 0.897 bits per heavy atom. The van der Waals surface area contributed by atoms with E-state index in [1.165, 1.54) is 83.5 Å². The van der Waals surface area contributed by atoms with E-state index in [1.54, 1.807) is 0 Å². The summed E-state index contributed by atoms with van der Waals surface area (Å²) in [5.41, 5.74) is 0. The quantitative estimate of drug-likeness (QED) is 0.123. The van der Waals surface area contributed by atoms with Gasteiger partial charge in [0.25, 0.3) is 0 Å². The molecule has 0 heterocycles. The van der Waals surface area contributed by atoms with Crippen LogP contribution in [0.2, 0.25) is 0 Å². The summed E-state index contributed by atoms with van der Waals surface area (Å²) >= 11 is 0. The van der Waals surface area contributed by atoms with E-state index in [9.17, 15) is 4.79 Å². The minimum absolute atomic E-state index is 0.0903. The Bertz CT molecular complexity index is 320. The molecule has 4 heteroatoms. The highest BCUT2D eigenvalue weighted by Crippen LogP contribution is 2.13. The minimum atomic E-state index is -0.0903. The molecule has 0 spiro atoms. The van der Waals surface area contributed by atoms with Crippen LogP contribution in [0.5, 0.6) is 0 Å². The second-order valence-corrected chi connectivity index (χ2v) is 8.14. The average Bonchev–Trinajstić information content (AvgIpc) is 2.72. The van der Waals surface area contributed by atoms with E-state index < -0.39 is 0 Å². The molecule has 0 aliphatic carbocycles. The number of unbranched alkanes of at least 4 members (excludes halogenated alkanes) is 14. The van der Waals surface area contributed by atoms with Crippen LogP contribution in [-0.4, -0.2) is 39.0 Å². The average molecular weight is 415 g/mol. The van der Waals surface area contributed by atoms with E-state index in [2.05, 4.69) is 13.8 Å². The third kappa shape index (κ3) is 25.4. The molecular weight excluding hydrogens is 364 g/mol. The third-order valence-electron chi connectivity index (χ3n) is 5.24. The van der Waals surface area contributed by atoms with E-state index in [1.807, 2.05) is 0 Å². The van der Waals surface area contributed by atoms with Crippen molar-refractivity contribution in [3.05, 3.63) is 0 Å². The van der Waals surface area contributed by atoms with E-state index in [-0.39, 0.29) is 5.97 Å². The van der Waals surface area contributed by atoms with Crippen molar-refractivity contribution in [2.75, 3.05) is 33.0 Å². The fourth-order valence-electron chi connectivity index (χ4n) is 3.35. The van der Waals surface area contributed by atoms with Crippen LogP contribution in [0.15, 0.2) is 0 Å². The highest BCUT2D eigenvalue weighted by atomic mass is 16.6. The van der Waals surface area contributed by atoms with Gasteiger partial charge in [0.15, 0.2) is 0 Å². The largest absolute Gasteiger partial charge is 0.463 e. The molecule has 0 aromatic carbocycles. The predicted octanol–water partition coefficient (Wildman–Crippen LogP) is 7.23. The second-order valence-electron chi connectivity index (χ2n) is 8.14. The van der Waals surface area contributed by atoms with Gasteiger partial charge in [0.1, 0.15) is 6.61 Å². The summed E-state index contributed by atoms with van der Waals surface area (Å²) < 4.78 is 16.1. The maximum Gasteiger partial charge on any atom is 0.305 e. The van der Waals surface area contributed by atoms with Crippen LogP contribution in [0.25, 0.3) is 0 Å². The number of hydrogen-bond donors (Lipinski definition) is 0. The van der Waals surface area contributed by atoms with E-state index in [0.717, 1.165) is 25.9 Å². The first-order chi connectivity index (χ1) is 14.3. The van der Waals surface area contributed by atoms with Gasteiger partial charge in [-0.1, -0.05) is 104 Å². The smallest absolute Gasteiger partial charge is 0.305 e. The van der Waals surface area contributed by atoms with Crippen molar-refractivity contribution < 1.29 is 19.0 Å². The Morgan fingerprint density at radius 1 is 0.483 bits per heavy atom. The van der Waals surface area contributed by atoms with Crippen LogP contribution in [0.4, 0.5) is 0 Å². The highest BCUT2D eigenvalue weighted by Gasteiger charge is 2.02. The first-order valence-corrected chi connectivity index (χ1v) is 12.6. The minimum Gasteiger partial charge on any atom is -0.463 e. The molecule has 0 aliphatic rings. The Hall–Kier alpha value is -0.610. The topological polar surface area (TPSA) is 44.8 Å². The molecule has 0 rings (SSSR count). The normalized spacial score (nSPS) is 11.1. The second kappa shape index (κ2) is 25.4. The van der Waals surface area contributed by atoms with Gasteiger partial charge in [-0.2, -0.15) is 0 Å². The van der Waals surface area contributed by atoms with Crippen molar-refractivity contribution in [3.63, 3.8) is 0 Å². The molecule has 0 saturated heterocycles. The molecule has 0 N–H and O–H groups in total. The number of ether oxygens (including phenoxy) is 3. The van der Waals surface area contributed by atoms with Gasteiger partial charge in [-0.15, -0.1) is 0 Å². The van der Waals surface area contributed by atoms with Gasteiger partial charge in [0, 0.05) is 13.0 Å². The van der Waals surface area contributed by atoms with Gasteiger partial charge >= 0.3 is 5.97 Å². The summed E-state index contributed by atoms with van der Waals surface area (Å²) in [6, 6.07) is 0. The van der Waals surface area contributed by atoms with Crippen molar-refractivity contribution >= 4 is 5.97 Å². The monoisotopic (exact) mass is 414 g/mol. The third-order valence-corrected chi connectivity index (χ3v) is 5.24. The number of carbonyl (C=O) groups is 1. The summed E-state index contributed by atoms with van der Waals surface area (Å²) in [6.07, 6.45) is 21.2. The summed E-state index contributed by atoms with van der Waals surface area (Å²) in [7, 11) is 0. The fraction of sp³-hybridized carbons (Fsp3) is 0.960. The lowest BCUT2D eigenvalue weighted by atomic mass is 10.0. The van der Waals surface area contributed by atoms with Crippen LogP contribution >= 0.6 is 0 Å². The zero-order valence-electron chi connectivity index (χ0n) is 19.7. The predicted molar refractivity (Wildman–Crippen MR) is 122 cm³/mol. The molecule has 0 saturated carbocycles. The molecule has 0 unspecified atom stereocenters. The summed E-state index contributed by atoms with van der Waals surface area (Å²) in [4.78, 5) is 11.7. The number of rotatable bonds is 24. The van der Waals surface area contributed by atoms with Crippen molar-refractivity contribution in [1.82, 2.24) is 0 Å². The number of carbonyl (C=O) groups excluding carboxylic acids is 1. The van der Waals surface area contributed by atoms with Crippen molar-refractivity contribution in [2.24, 2.45) is 0 Å². The molecule has 0 aliphatic heterocycles. The molecule has 174 valence electrons. The van der Waals surface area contributed by atoms with Crippen LogP contribution in [0, 0.1) is 0 Å². The lowest BCUT2D eigenvalue weighted by Gasteiger charge is -2.07. The molecular formula is C25H50O4. The van der Waals surface area contributed by atoms with Crippen LogP contribution in [0.3, 0.4) is 0 Å². The van der Waals surface area contributed by atoms with Gasteiger partial charge in [0.2, 0.25) is 0 Å². The Labute approximate surface area is 181 Å². The van der Waals surface area contributed by atoms with E-state index >= 15 is 0 Å². The Balaban J connectivity index is 3.13. The zero-order valence-corrected chi connectivity index (χ0v) is 19.7. The molecule has 0 atom stereocenters. The summed E-state index contributed by atoms with van der Waals surface area (Å²) in [5, 5.41) is 0. The molecule has 29 heavy (non-hydrogen) atoms. The molecule has 0 aromatic heterocycles. The Morgan fingerprint density at radius 3 is 1.45 bits per heavy atom. The van der Waals surface area contributed by atoms with Crippen molar-refractivity contribution in [1.29, 1.82) is 0 Å². The van der Waals surface area contributed by atoms with Gasteiger partial charge in [0.05, 0.1) is 19.8 Å². The van der Waals surface area contributed by atoms with Gasteiger partial charge in [-0.3, -0.25) is 4.79 Å². The fourth-order valence-corrected chi connectivity index (χ4v) is 3.35. The van der Waals surface area contributed by atoms with E-state index in [0.29, 0.717) is 32.8 Å². The standard InChI is InChI=1S/C25H50O4/c1-3-5-7-8-9-10-11-12-13-14-15-16-17-19-25(26)29-24-23-28-22-21-27-20-18-6-4-2/h3-24H2,1-2H3. The maximum absolute atomic E-state index is 11.7. The first-order valence-electron chi connectivity index (χ1n) is 12.6. The van der Waals surface area contributed by atoms with Crippen molar-refractivity contribution in [3.8, 4) is 0 Å². The molecule has 0 bridgehead atoms. The van der Waals surface area contributed by atoms with Crippen LogP contribution < -0.4 is 0 Å². The SMILES string of the molecule is CCCCCCCCCCCCCCCC(=O)OCCOCCOCCCCC. The maximum atomic E-state index is 11.7. The van der Waals surface area contributed by atoms with Crippen molar-refractivity contribution in [2.45, 2.75) is 123 Å². The van der Waals surface area contributed by atoms with E-state index in [4.69, 9.17) is 14.2 Å². The van der Waals surface area contributed by atoms with Gasteiger partial charge in [-0.05, 0) is 12.8 Å². The molecule has 0 amide bonds. The number of hydrogen-bond acceptors (Lipinski definition) is 4. The van der Waals surface area contributed by atoms with Gasteiger partial charge in [-0.25, -0.2) is 0 Å². The zero-order chi connectivity index (χ0) is 21.3. The lowest BCUT2D eigenvalue weighted by Crippen LogP contribution is -2.13. The molecule has 0 aromatic rings. The summed E-state index contributed by atoms with van der Waals surface area (Å²) in [5.74, 6) is -0.0903. The molecule has 0 radical (unpaired) electrons. The molecule has 4 nitrogen and oxygen atoms in total. The van der Waals surface area contributed by atoms with Crippen LogP contribution in [0.1, 0.15) is 123 Å². The lowest BCUT2D eigenvalue weighted by molar-refractivity contribution is -0.145. The molecule has 0 fully saturated rings. The summed E-state index contributed by atoms with van der Waals surface area (Å²) in [6.45, 7) is 7.27. The Kier molecular flexibility index (Phi) is 24.9. The number of esters is 1.